The molecule has 0 fully saturated rings. The third-order valence-electron chi connectivity index (χ3n) is 3.70. The van der Waals surface area contributed by atoms with Crippen molar-refractivity contribution in [3.63, 3.8) is 0 Å². The fraction of sp³-hybridized carbons (Fsp3) is 0. The van der Waals surface area contributed by atoms with Crippen molar-refractivity contribution in [1.82, 2.24) is 9.38 Å². The molecular formula is C18H11F2N3O2. The minimum atomic E-state index is -0.988. The lowest BCUT2D eigenvalue weighted by Gasteiger charge is -2.07. The van der Waals surface area contributed by atoms with E-state index in [0.717, 1.165) is 12.1 Å². The van der Waals surface area contributed by atoms with E-state index in [1.807, 2.05) is 0 Å². The van der Waals surface area contributed by atoms with Crippen LogP contribution in [0.4, 0.5) is 14.6 Å². The number of pyridine rings is 1. The van der Waals surface area contributed by atoms with Crippen molar-refractivity contribution in [3.8, 4) is 11.3 Å². The van der Waals surface area contributed by atoms with Crippen LogP contribution in [0.2, 0.25) is 0 Å². The average molecular weight is 339 g/mol. The highest BCUT2D eigenvalue weighted by Crippen LogP contribution is 2.30. The van der Waals surface area contributed by atoms with Crippen LogP contribution in [0.25, 0.3) is 16.9 Å². The number of anilines is 1. The van der Waals surface area contributed by atoms with Crippen molar-refractivity contribution in [3.05, 3.63) is 78.4 Å². The molecule has 4 rings (SSSR count). The summed E-state index contributed by atoms with van der Waals surface area (Å²) in [4.78, 5) is 16.8. The second kappa shape index (κ2) is 5.86. The maximum Gasteiger partial charge on any atom is 0.292 e. The molecule has 3 aromatic heterocycles. The van der Waals surface area contributed by atoms with E-state index in [2.05, 4.69) is 10.3 Å². The number of furan rings is 1. The Kier molecular flexibility index (Phi) is 3.53. The molecule has 0 aliphatic rings. The number of aromatic nitrogens is 2. The van der Waals surface area contributed by atoms with E-state index < -0.39 is 17.5 Å². The Morgan fingerprint density at radius 3 is 2.72 bits per heavy atom. The van der Waals surface area contributed by atoms with Gasteiger partial charge in [0, 0.05) is 11.8 Å². The maximum absolute atomic E-state index is 13.6. The van der Waals surface area contributed by atoms with Crippen LogP contribution in [0.1, 0.15) is 10.6 Å². The minimum Gasteiger partial charge on any atom is -0.459 e. The van der Waals surface area contributed by atoms with Gasteiger partial charge >= 0.3 is 0 Å². The van der Waals surface area contributed by atoms with Crippen molar-refractivity contribution in [1.29, 1.82) is 0 Å². The zero-order valence-electron chi connectivity index (χ0n) is 12.7. The van der Waals surface area contributed by atoms with Gasteiger partial charge in [-0.3, -0.25) is 9.20 Å². The summed E-state index contributed by atoms with van der Waals surface area (Å²) in [5.41, 5.74) is 1.22. The number of rotatable bonds is 3. The highest BCUT2D eigenvalue weighted by molar-refractivity contribution is 6.04. The van der Waals surface area contributed by atoms with Crippen LogP contribution >= 0.6 is 0 Å². The molecule has 25 heavy (non-hydrogen) atoms. The summed E-state index contributed by atoms with van der Waals surface area (Å²) < 4.78 is 33.6. The zero-order valence-corrected chi connectivity index (χ0v) is 12.7. The Hall–Kier alpha value is -3.48. The molecule has 7 heteroatoms. The molecule has 0 saturated heterocycles. The zero-order chi connectivity index (χ0) is 17.4. The first kappa shape index (κ1) is 15.1. The molecule has 1 aromatic carbocycles. The van der Waals surface area contributed by atoms with Gasteiger partial charge in [-0.1, -0.05) is 6.07 Å². The molecule has 0 atom stereocenters. The molecule has 1 amide bonds. The number of benzene rings is 1. The molecule has 0 aliphatic carbocycles. The number of nitrogens with one attached hydrogen (secondary N) is 1. The summed E-state index contributed by atoms with van der Waals surface area (Å²) in [7, 11) is 0. The Morgan fingerprint density at radius 1 is 1.08 bits per heavy atom. The molecule has 4 aromatic rings. The Balaban J connectivity index is 1.86. The molecule has 0 aliphatic heterocycles. The lowest BCUT2D eigenvalue weighted by molar-refractivity contribution is 0.0996. The highest BCUT2D eigenvalue weighted by atomic mass is 19.2. The Labute approximate surface area is 140 Å². The normalized spacial score (nSPS) is 11.0. The van der Waals surface area contributed by atoms with Crippen molar-refractivity contribution in [2.45, 2.75) is 0 Å². The number of carbonyl (C=O) groups is 1. The quantitative estimate of drug-likeness (QED) is 0.611. The maximum atomic E-state index is 13.6. The van der Waals surface area contributed by atoms with Gasteiger partial charge in [0.25, 0.3) is 5.91 Å². The van der Waals surface area contributed by atoms with Crippen LogP contribution < -0.4 is 5.32 Å². The van der Waals surface area contributed by atoms with Crippen molar-refractivity contribution >= 4 is 17.4 Å². The van der Waals surface area contributed by atoms with Gasteiger partial charge in [-0.05, 0) is 42.5 Å². The molecule has 124 valence electrons. The lowest BCUT2D eigenvalue weighted by atomic mass is 10.1. The van der Waals surface area contributed by atoms with E-state index >= 15 is 0 Å². The lowest BCUT2D eigenvalue weighted by Crippen LogP contribution is -2.13. The van der Waals surface area contributed by atoms with Crippen molar-refractivity contribution < 1.29 is 18.0 Å². The predicted octanol–water partition coefficient (Wildman–Crippen LogP) is 4.12. The summed E-state index contributed by atoms with van der Waals surface area (Å²) in [6, 6.07) is 11.9. The van der Waals surface area contributed by atoms with Gasteiger partial charge in [-0.2, -0.15) is 0 Å². The SMILES string of the molecule is O=C(Nc1c(-c2ccc(F)c(F)c2)nc2ccccn12)c1ccco1. The van der Waals surface area contributed by atoms with Gasteiger partial charge in [0.05, 0.1) is 6.26 Å². The van der Waals surface area contributed by atoms with E-state index in [-0.39, 0.29) is 5.76 Å². The molecule has 1 N–H and O–H groups in total. The van der Waals surface area contributed by atoms with E-state index in [0.29, 0.717) is 22.7 Å². The standard InChI is InChI=1S/C18H11F2N3O2/c19-12-7-6-11(10-13(12)20)16-17(22-18(24)14-4-3-9-25-14)23-8-2-1-5-15(23)21-16/h1-10H,(H,22,24). The minimum absolute atomic E-state index is 0.127. The Bertz CT molecular complexity index is 1070. The van der Waals surface area contributed by atoms with Gasteiger partial charge in [0.1, 0.15) is 17.2 Å². The van der Waals surface area contributed by atoms with Crippen LogP contribution in [0.5, 0.6) is 0 Å². The topological polar surface area (TPSA) is 59.5 Å². The molecule has 0 spiro atoms. The number of amides is 1. The molecule has 0 radical (unpaired) electrons. The van der Waals surface area contributed by atoms with Gasteiger partial charge in [-0.25, -0.2) is 13.8 Å². The number of hydrogen-bond donors (Lipinski definition) is 1. The molecule has 0 saturated carbocycles. The van der Waals surface area contributed by atoms with Gasteiger partial charge in [0.15, 0.2) is 17.4 Å². The summed E-state index contributed by atoms with van der Waals surface area (Å²) in [5.74, 6) is -1.95. The van der Waals surface area contributed by atoms with E-state index in [1.165, 1.54) is 18.4 Å². The molecule has 0 bridgehead atoms. The second-order valence-electron chi connectivity index (χ2n) is 5.30. The van der Waals surface area contributed by atoms with E-state index in [4.69, 9.17) is 4.42 Å². The molecule has 0 unspecified atom stereocenters. The number of imidazole rings is 1. The summed E-state index contributed by atoms with van der Waals surface area (Å²) in [6.45, 7) is 0. The molecular weight excluding hydrogens is 328 g/mol. The van der Waals surface area contributed by atoms with Crippen molar-refractivity contribution in [2.75, 3.05) is 5.32 Å². The van der Waals surface area contributed by atoms with Crippen LogP contribution in [-0.4, -0.2) is 15.3 Å². The first-order valence-corrected chi connectivity index (χ1v) is 7.41. The van der Waals surface area contributed by atoms with Crippen LogP contribution in [-0.2, 0) is 0 Å². The Morgan fingerprint density at radius 2 is 1.96 bits per heavy atom. The fourth-order valence-corrected chi connectivity index (χ4v) is 2.54. The number of carbonyl (C=O) groups excluding carboxylic acids is 1. The average Bonchev–Trinajstić information content (AvgIpc) is 3.26. The number of hydrogen-bond acceptors (Lipinski definition) is 3. The monoisotopic (exact) mass is 339 g/mol. The summed E-state index contributed by atoms with van der Waals surface area (Å²) >= 11 is 0. The highest BCUT2D eigenvalue weighted by Gasteiger charge is 2.19. The van der Waals surface area contributed by atoms with Gasteiger partial charge in [0.2, 0.25) is 0 Å². The van der Waals surface area contributed by atoms with Crippen LogP contribution in [0.15, 0.2) is 65.4 Å². The number of fused-ring (bicyclic) bond motifs is 1. The first-order chi connectivity index (χ1) is 12.1. The van der Waals surface area contributed by atoms with Crippen LogP contribution in [0.3, 0.4) is 0 Å². The number of nitrogens with zero attached hydrogens (tertiary/aromatic N) is 2. The summed E-state index contributed by atoms with van der Waals surface area (Å²) in [6.07, 6.45) is 3.10. The van der Waals surface area contributed by atoms with Crippen molar-refractivity contribution in [2.24, 2.45) is 0 Å². The predicted molar refractivity (Wildman–Crippen MR) is 87.2 cm³/mol. The third kappa shape index (κ3) is 2.65. The van der Waals surface area contributed by atoms with Gasteiger partial charge in [-0.15, -0.1) is 0 Å². The fourth-order valence-electron chi connectivity index (χ4n) is 2.54. The number of halogens is 2. The molecule has 5 nitrogen and oxygen atoms in total. The van der Waals surface area contributed by atoms with E-state index in [1.54, 1.807) is 34.9 Å². The second-order valence-corrected chi connectivity index (χ2v) is 5.30. The molecule has 3 heterocycles. The van der Waals surface area contributed by atoms with Crippen LogP contribution in [0, 0.1) is 11.6 Å². The third-order valence-corrected chi connectivity index (χ3v) is 3.70. The summed E-state index contributed by atoms with van der Waals surface area (Å²) in [5, 5.41) is 2.72. The van der Waals surface area contributed by atoms with E-state index in [9.17, 15) is 13.6 Å². The van der Waals surface area contributed by atoms with Gasteiger partial charge < -0.3 is 9.73 Å². The smallest absolute Gasteiger partial charge is 0.292 e. The largest absolute Gasteiger partial charge is 0.459 e. The first-order valence-electron chi connectivity index (χ1n) is 7.41.